The van der Waals surface area contributed by atoms with Gasteiger partial charge in [-0.15, -0.1) is 0 Å². The Morgan fingerprint density at radius 2 is 2.47 bits per heavy atom. The molecule has 0 saturated carbocycles. The third-order valence-electron chi connectivity index (χ3n) is 2.13. The second-order valence-corrected chi connectivity index (χ2v) is 3.10. The van der Waals surface area contributed by atoms with Crippen LogP contribution in [-0.2, 0) is 0 Å². The van der Waals surface area contributed by atoms with Crippen LogP contribution in [0, 0.1) is 0 Å². The average Bonchev–Trinajstić information content (AvgIpc) is 2.26. The molecule has 1 heterocycles. The second kappa shape index (κ2) is 5.35. The van der Waals surface area contributed by atoms with Crippen LogP contribution >= 0.6 is 0 Å². The average molecular weight is 212 g/mol. The highest BCUT2D eigenvalue weighted by molar-refractivity contribution is 5.48. The fourth-order valence-corrected chi connectivity index (χ4v) is 1.20. The minimum Gasteiger partial charge on any atom is -0.489 e. The number of rotatable bonds is 5. The van der Waals surface area contributed by atoms with Crippen LogP contribution in [0.25, 0.3) is 0 Å². The summed E-state index contributed by atoms with van der Waals surface area (Å²) in [6.07, 6.45) is 2.19. The van der Waals surface area contributed by atoms with Gasteiger partial charge in [0, 0.05) is 12.6 Å². The van der Waals surface area contributed by atoms with Crippen molar-refractivity contribution in [1.82, 2.24) is 9.97 Å². The monoisotopic (exact) mass is 212 g/mol. The lowest BCUT2D eigenvalue weighted by molar-refractivity contribution is 0.407. The Labute approximate surface area is 87.9 Å². The topological polar surface area (TPSA) is 93.0 Å². The summed E-state index contributed by atoms with van der Waals surface area (Å²) in [5, 5.41) is 3.06. The quantitative estimate of drug-likeness (QED) is 0.635. The standard InChI is InChI=1S/C9H16N4O2/c1-3-6(4-10)13-8-7(15-2)9(14)12-5-11-8/h5-6H,3-4,10H2,1-2H3,(H2,11,12,13,14). The molecule has 4 N–H and O–H groups in total. The van der Waals surface area contributed by atoms with E-state index in [4.69, 9.17) is 10.5 Å². The number of aromatic nitrogens is 2. The first kappa shape index (κ1) is 11.5. The van der Waals surface area contributed by atoms with Crippen LogP contribution in [0.3, 0.4) is 0 Å². The van der Waals surface area contributed by atoms with E-state index in [-0.39, 0.29) is 17.4 Å². The molecule has 0 fully saturated rings. The van der Waals surface area contributed by atoms with E-state index in [1.54, 1.807) is 0 Å². The second-order valence-electron chi connectivity index (χ2n) is 3.10. The first-order valence-corrected chi connectivity index (χ1v) is 4.81. The SMILES string of the molecule is CCC(CN)Nc1nc[nH]c(=O)c1OC. The molecule has 6 nitrogen and oxygen atoms in total. The van der Waals surface area contributed by atoms with Crippen LogP contribution in [0.5, 0.6) is 5.75 Å². The molecular formula is C9H16N4O2. The van der Waals surface area contributed by atoms with Gasteiger partial charge < -0.3 is 20.8 Å². The summed E-state index contributed by atoms with van der Waals surface area (Å²) in [5.41, 5.74) is 5.24. The number of nitrogens with one attached hydrogen (secondary N) is 2. The Kier molecular flexibility index (Phi) is 4.11. The molecular weight excluding hydrogens is 196 g/mol. The van der Waals surface area contributed by atoms with E-state index in [9.17, 15) is 4.79 Å². The van der Waals surface area contributed by atoms with Gasteiger partial charge in [0.05, 0.1) is 13.4 Å². The van der Waals surface area contributed by atoms with Crippen molar-refractivity contribution in [3.05, 3.63) is 16.7 Å². The molecule has 1 aromatic rings. The molecule has 0 radical (unpaired) electrons. The number of ether oxygens (including phenoxy) is 1. The molecule has 1 atom stereocenters. The van der Waals surface area contributed by atoms with E-state index in [1.807, 2.05) is 6.92 Å². The van der Waals surface area contributed by atoms with Crippen molar-refractivity contribution in [2.24, 2.45) is 5.73 Å². The van der Waals surface area contributed by atoms with Crippen molar-refractivity contribution >= 4 is 5.82 Å². The molecule has 0 spiro atoms. The molecule has 0 saturated heterocycles. The highest BCUT2D eigenvalue weighted by Crippen LogP contribution is 2.15. The first-order chi connectivity index (χ1) is 7.22. The number of hydrogen-bond donors (Lipinski definition) is 3. The maximum Gasteiger partial charge on any atom is 0.295 e. The van der Waals surface area contributed by atoms with E-state index in [1.165, 1.54) is 13.4 Å². The Bertz CT molecular complexity index is 359. The predicted molar refractivity (Wildman–Crippen MR) is 58.2 cm³/mol. The van der Waals surface area contributed by atoms with Crippen LogP contribution in [0.4, 0.5) is 5.82 Å². The molecule has 0 aliphatic carbocycles. The van der Waals surface area contributed by atoms with Crippen molar-refractivity contribution in [3.63, 3.8) is 0 Å². The molecule has 1 unspecified atom stereocenters. The summed E-state index contributed by atoms with van der Waals surface area (Å²) in [6, 6.07) is 0.0909. The van der Waals surface area contributed by atoms with Crippen molar-refractivity contribution in [2.75, 3.05) is 19.0 Å². The number of methoxy groups -OCH3 is 1. The molecule has 0 aromatic carbocycles. The number of nitrogens with zero attached hydrogens (tertiary/aromatic N) is 1. The van der Waals surface area contributed by atoms with E-state index in [2.05, 4.69) is 15.3 Å². The number of aromatic amines is 1. The first-order valence-electron chi connectivity index (χ1n) is 4.81. The van der Waals surface area contributed by atoms with Crippen LogP contribution in [-0.4, -0.2) is 29.7 Å². The van der Waals surface area contributed by atoms with Crippen LogP contribution in [0.2, 0.25) is 0 Å². The van der Waals surface area contributed by atoms with Gasteiger partial charge in [-0.05, 0) is 6.42 Å². The summed E-state index contributed by atoms with van der Waals surface area (Å²) in [7, 11) is 1.43. The maximum atomic E-state index is 11.3. The zero-order valence-electron chi connectivity index (χ0n) is 8.91. The smallest absolute Gasteiger partial charge is 0.295 e. The highest BCUT2D eigenvalue weighted by atomic mass is 16.5. The fraction of sp³-hybridized carbons (Fsp3) is 0.556. The minimum atomic E-state index is -0.304. The summed E-state index contributed by atoms with van der Waals surface area (Å²) in [5.74, 6) is 0.614. The van der Waals surface area contributed by atoms with Crippen molar-refractivity contribution in [1.29, 1.82) is 0 Å². The molecule has 0 aliphatic heterocycles. The van der Waals surface area contributed by atoms with Crippen molar-refractivity contribution < 1.29 is 4.74 Å². The minimum absolute atomic E-state index is 0.0909. The lowest BCUT2D eigenvalue weighted by Gasteiger charge is -2.16. The maximum absolute atomic E-state index is 11.3. The number of hydrogen-bond acceptors (Lipinski definition) is 5. The lowest BCUT2D eigenvalue weighted by Crippen LogP contribution is -2.29. The van der Waals surface area contributed by atoms with E-state index >= 15 is 0 Å². The normalized spacial score (nSPS) is 12.2. The number of H-pyrrole nitrogens is 1. The Balaban J connectivity index is 2.93. The van der Waals surface area contributed by atoms with Crippen LogP contribution < -0.4 is 21.3 Å². The summed E-state index contributed by atoms with van der Waals surface area (Å²) in [4.78, 5) is 17.8. The third-order valence-corrected chi connectivity index (χ3v) is 2.13. The Morgan fingerprint density at radius 3 is 3.00 bits per heavy atom. The van der Waals surface area contributed by atoms with Crippen LogP contribution in [0.15, 0.2) is 11.1 Å². The molecule has 0 aliphatic rings. The molecule has 15 heavy (non-hydrogen) atoms. The number of nitrogens with two attached hydrogens (primary N) is 1. The largest absolute Gasteiger partial charge is 0.489 e. The van der Waals surface area contributed by atoms with Gasteiger partial charge in [-0.25, -0.2) is 4.98 Å². The van der Waals surface area contributed by atoms with E-state index < -0.39 is 0 Å². The Hall–Kier alpha value is -1.56. The van der Waals surface area contributed by atoms with Gasteiger partial charge in [-0.2, -0.15) is 0 Å². The van der Waals surface area contributed by atoms with Gasteiger partial charge in [0.25, 0.3) is 5.56 Å². The summed E-state index contributed by atoms with van der Waals surface area (Å²) in [6.45, 7) is 2.48. The predicted octanol–water partition coefficient (Wildman–Crippen LogP) is -0.0723. The molecule has 0 bridgehead atoms. The van der Waals surface area contributed by atoms with Crippen molar-refractivity contribution in [2.45, 2.75) is 19.4 Å². The Morgan fingerprint density at radius 1 is 1.73 bits per heavy atom. The van der Waals surface area contributed by atoms with E-state index in [0.29, 0.717) is 12.4 Å². The van der Waals surface area contributed by atoms with Gasteiger partial charge in [0.15, 0.2) is 5.82 Å². The van der Waals surface area contributed by atoms with Gasteiger partial charge in [0.1, 0.15) is 0 Å². The van der Waals surface area contributed by atoms with E-state index in [0.717, 1.165) is 6.42 Å². The molecule has 0 amide bonds. The highest BCUT2D eigenvalue weighted by Gasteiger charge is 2.11. The molecule has 6 heteroatoms. The molecule has 84 valence electrons. The summed E-state index contributed by atoms with van der Waals surface area (Å²) < 4.78 is 4.96. The van der Waals surface area contributed by atoms with Gasteiger partial charge in [-0.1, -0.05) is 6.92 Å². The zero-order chi connectivity index (χ0) is 11.3. The zero-order valence-corrected chi connectivity index (χ0v) is 8.91. The third kappa shape index (κ3) is 2.69. The lowest BCUT2D eigenvalue weighted by atomic mass is 10.2. The molecule has 1 rings (SSSR count). The fourth-order valence-electron chi connectivity index (χ4n) is 1.20. The van der Waals surface area contributed by atoms with Gasteiger partial charge in [0.2, 0.25) is 5.75 Å². The number of anilines is 1. The van der Waals surface area contributed by atoms with Gasteiger partial charge >= 0.3 is 0 Å². The van der Waals surface area contributed by atoms with Crippen LogP contribution in [0.1, 0.15) is 13.3 Å². The summed E-state index contributed by atoms with van der Waals surface area (Å²) >= 11 is 0. The van der Waals surface area contributed by atoms with Gasteiger partial charge in [-0.3, -0.25) is 4.79 Å². The molecule has 1 aromatic heterocycles. The van der Waals surface area contributed by atoms with Crippen molar-refractivity contribution in [3.8, 4) is 5.75 Å².